The Morgan fingerprint density at radius 1 is 1.26 bits per heavy atom. The van der Waals surface area contributed by atoms with E-state index in [2.05, 4.69) is 4.72 Å². The molecule has 0 amide bonds. The van der Waals surface area contributed by atoms with Gasteiger partial charge >= 0.3 is 0 Å². The van der Waals surface area contributed by atoms with E-state index in [9.17, 15) is 8.42 Å². The lowest BCUT2D eigenvalue weighted by Crippen LogP contribution is -2.32. The summed E-state index contributed by atoms with van der Waals surface area (Å²) in [7, 11) is -1.83. The number of methoxy groups -OCH3 is 1. The van der Waals surface area contributed by atoms with Crippen LogP contribution in [0.2, 0.25) is 0 Å². The molecule has 0 bridgehead atoms. The SMILES string of the molecule is COc1ccc(S(=O)(=O)NCC2CCC2)c(C)c1C. The summed E-state index contributed by atoms with van der Waals surface area (Å²) in [5.41, 5.74) is 1.62. The summed E-state index contributed by atoms with van der Waals surface area (Å²) in [5.74, 6) is 1.23. The molecule has 106 valence electrons. The van der Waals surface area contributed by atoms with Crippen molar-refractivity contribution in [1.29, 1.82) is 0 Å². The van der Waals surface area contributed by atoms with Crippen molar-refractivity contribution in [2.24, 2.45) is 5.92 Å². The van der Waals surface area contributed by atoms with Gasteiger partial charge in [-0.25, -0.2) is 13.1 Å². The minimum atomic E-state index is -3.42. The van der Waals surface area contributed by atoms with E-state index < -0.39 is 10.0 Å². The standard InChI is InChI=1S/C14H21NO3S/c1-10-11(2)14(8-7-13(10)18-3)19(16,17)15-9-12-5-4-6-12/h7-8,12,15H,4-6,9H2,1-3H3. The first-order chi connectivity index (χ1) is 8.95. The Morgan fingerprint density at radius 3 is 2.47 bits per heavy atom. The lowest BCUT2D eigenvalue weighted by atomic mass is 9.86. The van der Waals surface area contributed by atoms with Crippen LogP contribution in [0.4, 0.5) is 0 Å². The van der Waals surface area contributed by atoms with Crippen molar-refractivity contribution in [3.63, 3.8) is 0 Å². The van der Waals surface area contributed by atoms with Crippen LogP contribution >= 0.6 is 0 Å². The number of nitrogens with one attached hydrogen (secondary N) is 1. The monoisotopic (exact) mass is 283 g/mol. The highest BCUT2D eigenvalue weighted by atomic mass is 32.2. The molecule has 1 aromatic rings. The van der Waals surface area contributed by atoms with Gasteiger partial charge < -0.3 is 4.74 Å². The molecule has 0 atom stereocenters. The zero-order valence-electron chi connectivity index (χ0n) is 11.7. The van der Waals surface area contributed by atoms with Gasteiger partial charge in [0, 0.05) is 6.54 Å². The van der Waals surface area contributed by atoms with Gasteiger partial charge in [0.2, 0.25) is 10.0 Å². The van der Waals surface area contributed by atoms with Crippen molar-refractivity contribution in [1.82, 2.24) is 4.72 Å². The lowest BCUT2D eigenvalue weighted by molar-refractivity contribution is 0.316. The first-order valence-electron chi connectivity index (χ1n) is 6.59. The second-order valence-corrected chi connectivity index (χ2v) is 6.90. The summed E-state index contributed by atoms with van der Waals surface area (Å²) >= 11 is 0. The van der Waals surface area contributed by atoms with Crippen LogP contribution in [0.1, 0.15) is 30.4 Å². The highest BCUT2D eigenvalue weighted by Crippen LogP contribution is 2.28. The van der Waals surface area contributed by atoms with Crippen molar-refractivity contribution < 1.29 is 13.2 Å². The van der Waals surface area contributed by atoms with Crippen LogP contribution in [0.5, 0.6) is 5.75 Å². The molecule has 0 spiro atoms. The van der Waals surface area contributed by atoms with E-state index in [0.29, 0.717) is 17.4 Å². The summed E-state index contributed by atoms with van der Waals surface area (Å²) < 4.78 is 32.5. The van der Waals surface area contributed by atoms with Gasteiger partial charge in [0.15, 0.2) is 0 Å². The van der Waals surface area contributed by atoms with Gasteiger partial charge in [0.1, 0.15) is 5.75 Å². The van der Waals surface area contributed by atoms with Gasteiger partial charge in [-0.1, -0.05) is 6.42 Å². The Balaban J connectivity index is 2.22. The molecular weight excluding hydrogens is 262 g/mol. The van der Waals surface area contributed by atoms with Crippen LogP contribution in [-0.4, -0.2) is 22.1 Å². The fourth-order valence-electron chi connectivity index (χ4n) is 2.29. The van der Waals surface area contributed by atoms with Crippen molar-refractivity contribution in [2.45, 2.75) is 38.0 Å². The molecule has 0 aromatic heterocycles. The van der Waals surface area contributed by atoms with E-state index in [1.54, 1.807) is 19.2 Å². The Kier molecular flexibility index (Phi) is 4.16. The van der Waals surface area contributed by atoms with Crippen LogP contribution < -0.4 is 9.46 Å². The van der Waals surface area contributed by atoms with E-state index >= 15 is 0 Å². The number of hydrogen-bond donors (Lipinski definition) is 1. The summed E-state index contributed by atoms with van der Waals surface area (Å²) in [6.45, 7) is 4.24. The Hall–Kier alpha value is -1.07. The molecule has 0 heterocycles. The van der Waals surface area contributed by atoms with Gasteiger partial charge in [-0.15, -0.1) is 0 Å². The molecule has 1 aromatic carbocycles. The molecule has 1 fully saturated rings. The second kappa shape index (κ2) is 5.51. The Bertz CT molecular complexity index is 562. The number of sulfonamides is 1. The Labute approximate surface area is 115 Å². The molecule has 1 aliphatic carbocycles. The highest BCUT2D eigenvalue weighted by Gasteiger charge is 2.23. The van der Waals surface area contributed by atoms with Crippen molar-refractivity contribution in [3.05, 3.63) is 23.3 Å². The maximum absolute atomic E-state index is 12.3. The summed E-state index contributed by atoms with van der Waals surface area (Å²) in [6, 6.07) is 3.32. The number of hydrogen-bond acceptors (Lipinski definition) is 3. The van der Waals surface area contributed by atoms with Gasteiger partial charge in [0.05, 0.1) is 12.0 Å². The molecule has 0 unspecified atom stereocenters. The third-order valence-corrected chi connectivity index (χ3v) is 5.55. The fourth-order valence-corrected chi connectivity index (χ4v) is 3.70. The first-order valence-corrected chi connectivity index (χ1v) is 8.08. The van der Waals surface area contributed by atoms with Crippen LogP contribution in [0.25, 0.3) is 0 Å². The number of rotatable bonds is 5. The topological polar surface area (TPSA) is 55.4 Å². The minimum absolute atomic E-state index is 0.352. The molecule has 2 rings (SSSR count). The normalized spacial score (nSPS) is 16.2. The summed E-state index contributed by atoms with van der Waals surface area (Å²) in [4.78, 5) is 0.352. The largest absolute Gasteiger partial charge is 0.496 e. The third kappa shape index (κ3) is 2.92. The van der Waals surface area contributed by atoms with Crippen LogP contribution in [-0.2, 0) is 10.0 Å². The average molecular weight is 283 g/mol. The lowest BCUT2D eigenvalue weighted by Gasteiger charge is -2.25. The van der Waals surface area contributed by atoms with Gasteiger partial charge in [-0.3, -0.25) is 0 Å². The van der Waals surface area contributed by atoms with Crippen LogP contribution in [0, 0.1) is 19.8 Å². The fraction of sp³-hybridized carbons (Fsp3) is 0.571. The van der Waals surface area contributed by atoms with E-state index in [1.165, 1.54) is 6.42 Å². The summed E-state index contributed by atoms with van der Waals surface area (Å²) in [6.07, 6.45) is 3.47. The van der Waals surface area contributed by atoms with E-state index in [1.807, 2.05) is 13.8 Å². The van der Waals surface area contributed by atoms with Crippen LogP contribution in [0.15, 0.2) is 17.0 Å². The van der Waals surface area contributed by atoms with E-state index in [0.717, 1.165) is 29.7 Å². The molecule has 4 nitrogen and oxygen atoms in total. The maximum Gasteiger partial charge on any atom is 0.240 e. The molecule has 5 heteroatoms. The third-order valence-electron chi connectivity index (χ3n) is 3.98. The average Bonchev–Trinajstić information content (AvgIpc) is 2.30. The predicted molar refractivity (Wildman–Crippen MR) is 75.0 cm³/mol. The molecular formula is C14H21NO3S. The van der Waals surface area contributed by atoms with Gasteiger partial charge in [0.25, 0.3) is 0 Å². The van der Waals surface area contributed by atoms with Crippen molar-refractivity contribution in [3.8, 4) is 5.75 Å². The van der Waals surface area contributed by atoms with E-state index in [-0.39, 0.29) is 0 Å². The van der Waals surface area contributed by atoms with Crippen molar-refractivity contribution in [2.75, 3.05) is 13.7 Å². The quantitative estimate of drug-likeness (QED) is 0.902. The predicted octanol–water partition coefficient (Wildman–Crippen LogP) is 2.39. The van der Waals surface area contributed by atoms with Gasteiger partial charge in [-0.05, 0) is 55.9 Å². The number of benzene rings is 1. The maximum atomic E-state index is 12.3. The zero-order chi connectivity index (χ0) is 14.0. The Morgan fingerprint density at radius 2 is 1.95 bits per heavy atom. The van der Waals surface area contributed by atoms with Crippen LogP contribution in [0.3, 0.4) is 0 Å². The molecule has 19 heavy (non-hydrogen) atoms. The van der Waals surface area contributed by atoms with Gasteiger partial charge in [-0.2, -0.15) is 0 Å². The molecule has 1 N–H and O–H groups in total. The molecule has 0 radical (unpaired) electrons. The van der Waals surface area contributed by atoms with E-state index in [4.69, 9.17) is 4.74 Å². The number of ether oxygens (including phenoxy) is 1. The molecule has 0 aliphatic heterocycles. The molecule has 1 aliphatic rings. The first kappa shape index (κ1) is 14.3. The minimum Gasteiger partial charge on any atom is -0.496 e. The molecule has 0 saturated heterocycles. The highest BCUT2D eigenvalue weighted by molar-refractivity contribution is 7.89. The summed E-state index contributed by atoms with van der Waals surface area (Å²) in [5, 5.41) is 0. The molecule has 1 saturated carbocycles. The second-order valence-electron chi connectivity index (χ2n) is 5.16. The zero-order valence-corrected chi connectivity index (χ0v) is 12.5. The van der Waals surface area contributed by atoms with Crippen molar-refractivity contribution >= 4 is 10.0 Å². The smallest absolute Gasteiger partial charge is 0.240 e.